The van der Waals surface area contributed by atoms with Crippen molar-refractivity contribution in [2.45, 2.75) is 19.5 Å². The molecule has 6 nitrogen and oxygen atoms in total. The number of aryl methyl sites for hydroxylation is 1. The van der Waals surface area contributed by atoms with Crippen LogP contribution in [0.3, 0.4) is 0 Å². The molecule has 1 saturated heterocycles. The van der Waals surface area contributed by atoms with E-state index in [1.165, 1.54) is 6.07 Å². The van der Waals surface area contributed by atoms with Gasteiger partial charge in [0.05, 0.1) is 23.9 Å². The van der Waals surface area contributed by atoms with E-state index in [4.69, 9.17) is 16.3 Å². The molecule has 0 saturated carbocycles. The highest BCUT2D eigenvalue weighted by atomic mass is 35.5. The Morgan fingerprint density at radius 2 is 1.82 bits per heavy atom. The smallest absolute Gasteiger partial charge is 0.259 e. The average molecular weight is 486 g/mol. The molecular weight excluding hydrogens is 457 g/mol. The van der Waals surface area contributed by atoms with Crippen molar-refractivity contribution in [2.24, 2.45) is 0 Å². The topological polar surface area (TPSA) is 57.9 Å². The van der Waals surface area contributed by atoms with Crippen LogP contribution < -0.4 is 10.5 Å². The summed E-state index contributed by atoms with van der Waals surface area (Å²) < 4.78 is 21.1. The van der Waals surface area contributed by atoms with Gasteiger partial charge in [0.15, 0.2) is 0 Å². The molecule has 0 bridgehead atoms. The normalized spacial score (nSPS) is 15.5. The van der Waals surface area contributed by atoms with Crippen LogP contribution in [0.1, 0.15) is 22.9 Å². The second-order valence-electron chi connectivity index (χ2n) is 8.47. The van der Waals surface area contributed by atoms with Crippen LogP contribution in [0.15, 0.2) is 59.4 Å². The lowest BCUT2D eigenvalue weighted by Crippen LogP contribution is -2.49. The van der Waals surface area contributed by atoms with E-state index in [0.29, 0.717) is 61.3 Å². The minimum atomic E-state index is -0.497. The summed E-state index contributed by atoms with van der Waals surface area (Å²) in [5.41, 5.74) is 2.11. The molecule has 1 fully saturated rings. The van der Waals surface area contributed by atoms with Gasteiger partial charge in [-0.05, 0) is 42.8 Å². The molecule has 0 spiro atoms. The standard InChI is InChI=1S/C26H29ClFN3O3/c1-18-16-23(32)24(26(33)31(18)14-15-34-2)25(19-6-5-7-20(27)17-19)30-12-10-29(11-13-30)22-9-4-3-8-21(22)28/h3-9,16-17,25,32H,10-15H2,1-2H3. The first-order valence-corrected chi connectivity index (χ1v) is 11.7. The van der Waals surface area contributed by atoms with Crippen molar-refractivity contribution in [1.82, 2.24) is 9.47 Å². The van der Waals surface area contributed by atoms with Gasteiger partial charge in [0, 0.05) is 50.6 Å². The number of anilines is 1. The SMILES string of the molecule is COCCn1c(C)cc(O)c(C(c2cccc(Cl)c2)N2CCN(c3ccccc3F)CC2)c1=O. The Balaban J connectivity index is 1.73. The first-order valence-electron chi connectivity index (χ1n) is 11.3. The van der Waals surface area contributed by atoms with Gasteiger partial charge >= 0.3 is 0 Å². The highest BCUT2D eigenvalue weighted by Gasteiger charge is 2.32. The summed E-state index contributed by atoms with van der Waals surface area (Å²) in [5, 5.41) is 11.5. The highest BCUT2D eigenvalue weighted by Crippen LogP contribution is 2.35. The van der Waals surface area contributed by atoms with Crippen LogP contribution in [-0.2, 0) is 11.3 Å². The van der Waals surface area contributed by atoms with Gasteiger partial charge in [-0.1, -0.05) is 35.9 Å². The van der Waals surface area contributed by atoms with Crippen LogP contribution in [-0.4, -0.2) is 54.5 Å². The number of hydrogen-bond acceptors (Lipinski definition) is 5. The zero-order chi connectivity index (χ0) is 24.2. The second-order valence-corrected chi connectivity index (χ2v) is 8.90. The Hall–Kier alpha value is -2.87. The molecule has 0 radical (unpaired) electrons. The molecule has 1 N–H and O–H groups in total. The van der Waals surface area contributed by atoms with Crippen molar-refractivity contribution in [3.63, 3.8) is 0 Å². The summed E-state index contributed by atoms with van der Waals surface area (Å²) in [4.78, 5) is 17.8. The zero-order valence-electron chi connectivity index (χ0n) is 19.4. The van der Waals surface area contributed by atoms with Gasteiger partial charge < -0.3 is 19.3 Å². The van der Waals surface area contributed by atoms with E-state index < -0.39 is 6.04 Å². The first-order chi connectivity index (χ1) is 16.4. The van der Waals surface area contributed by atoms with Gasteiger partial charge in [0.2, 0.25) is 0 Å². The molecule has 1 atom stereocenters. The minimum Gasteiger partial charge on any atom is -0.507 e. The van der Waals surface area contributed by atoms with Gasteiger partial charge in [0.25, 0.3) is 5.56 Å². The average Bonchev–Trinajstić information content (AvgIpc) is 2.82. The lowest BCUT2D eigenvalue weighted by molar-refractivity contribution is 0.183. The fraction of sp³-hybridized carbons (Fsp3) is 0.346. The van der Waals surface area contributed by atoms with Crippen molar-refractivity contribution < 1.29 is 14.2 Å². The molecule has 2 heterocycles. The van der Waals surface area contributed by atoms with E-state index in [2.05, 4.69) is 4.90 Å². The van der Waals surface area contributed by atoms with Crippen LogP contribution in [0.2, 0.25) is 5.02 Å². The van der Waals surface area contributed by atoms with Crippen molar-refractivity contribution in [3.05, 3.63) is 92.6 Å². The van der Waals surface area contributed by atoms with Crippen LogP contribution in [0.4, 0.5) is 10.1 Å². The van der Waals surface area contributed by atoms with Gasteiger partial charge in [-0.25, -0.2) is 4.39 Å². The maximum absolute atomic E-state index is 14.3. The largest absolute Gasteiger partial charge is 0.507 e. The maximum atomic E-state index is 14.3. The maximum Gasteiger partial charge on any atom is 0.259 e. The van der Waals surface area contributed by atoms with E-state index in [1.807, 2.05) is 29.2 Å². The number of hydrogen-bond donors (Lipinski definition) is 1. The van der Waals surface area contributed by atoms with E-state index in [0.717, 1.165) is 5.56 Å². The number of benzene rings is 2. The molecule has 0 amide bonds. The summed E-state index contributed by atoms with van der Waals surface area (Å²) >= 11 is 6.31. The minimum absolute atomic E-state index is 0.0438. The predicted molar refractivity (Wildman–Crippen MR) is 132 cm³/mol. The Morgan fingerprint density at radius 1 is 1.09 bits per heavy atom. The second kappa shape index (κ2) is 10.6. The zero-order valence-corrected chi connectivity index (χ0v) is 20.1. The Morgan fingerprint density at radius 3 is 2.50 bits per heavy atom. The number of pyridine rings is 1. The van der Waals surface area contributed by atoms with Gasteiger partial charge in [-0.2, -0.15) is 0 Å². The number of methoxy groups -OCH3 is 1. The third-order valence-electron chi connectivity index (χ3n) is 6.35. The Bertz CT molecular complexity index is 1210. The van der Waals surface area contributed by atoms with E-state index in [9.17, 15) is 14.3 Å². The number of aromatic hydroxyl groups is 1. The summed E-state index contributed by atoms with van der Waals surface area (Å²) in [5.74, 6) is -0.294. The molecule has 2 aromatic carbocycles. The van der Waals surface area contributed by atoms with Gasteiger partial charge in [-0.3, -0.25) is 9.69 Å². The number of nitrogens with zero attached hydrogens (tertiary/aromatic N) is 3. The fourth-order valence-electron chi connectivity index (χ4n) is 4.65. The summed E-state index contributed by atoms with van der Waals surface area (Å²) in [6, 6.07) is 15.2. The molecule has 1 unspecified atom stereocenters. The quantitative estimate of drug-likeness (QED) is 0.543. The van der Waals surface area contributed by atoms with Crippen molar-refractivity contribution in [2.75, 3.05) is 44.8 Å². The summed E-state index contributed by atoms with van der Waals surface area (Å²) in [7, 11) is 1.59. The van der Waals surface area contributed by atoms with Crippen molar-refractivity contribution >= 4 is 17.3 Å². The van der Waals surface area contributed by atoms with E-state index in [-0.39, 0.29) is 17.1 Å². The highest BCUT2D eigenvalue weighted by molar-refractivity contribution is 6.30. The third-order valence-corrected chi connectivity index (χ3v) is 6.59. The summed E-state index contributed by atoms with van der Waals surface area (Å²) in [6.45, 7) is 4.89. The molecule has 1 aromatic heterocycles. The van der Waals surface area contributed by atoms with E-state index in [1.54, 1.807) is 42.9 Å². The molecule has 0 aliphatic carbocycles. The molecule has 4 rings (SSSR count). The van der Waals surface area contributed by atoms with Crippen LogP contribution in [0, 0.1) is 12.7 Å². The van der Waals surface area contributed by atoms with E-state index >= 15 is 0 Å². The molecular formula is C26H29ClFN3O3. The lowest BCUT2D eigenvalue weighted by Gasteiger charge is -2.40. The number of aromatic nitrogens is 1. The monoisotopic (exact) mass is 485 g/mol. The number of piperazine rings is 1. The summed E-state index contributed by atoms with van der Waals surface area (Å²) in [6.07, 6.45) is 0. The Labute approximate surface area is 203 Å². The Kier molecular flexibility index (Phi) is 7.56. The first kappa shape index (κ1) is 24.3. The predicted octanol–water partition coefficient (Wildman–Crippen LogP) is 4.21. The van der Waals surface area contributed by atoms with Crippen molar-refractivity contribution in [1.29, 1.82) is 0 Å². The molecule has 180 valence electrons. The van der Waals surface area contributed by atoms with Gasteiger partial charge in [-0.15, -0.1) is 0 Å². The molecule has 3 aromatic rings. The number of halogens is 2. The van der Waals surface area contributed by atoms with Crippen LogP contribution >= 0.6 is 11.6 Å². The fourth-order valence-corrected chi connectivity index (χ4v) is 4.85. The number of ether oxygens (including phenoxy) is 1. The molecule has 1 aliphatic heterocycles. The molecule has 34 heavy (non-hydrogen) atoms. The van der Waals surface area contributed by atoms with Crippen molar-refractivity contribution in [3.8, 4) is 5.75 Å². The van der Waals surface area contributed by atoms with Crippen LogP contribution in [0.5, 0.6) is 5.75 Å². The number of rotatable bonds is 7. The number of para-hydroxylation sites is 1. The van der Waals surface area contributed by atoms with Crippen LogP contribution in [0.25, 0.3) is 0 Å². The molecule has 1 aliphatic rings. The third kappa shape index (κ3) is 4.97. The lowest BCUT2D eigenvalue weighted by atomic mass is 9.96. The van der Waals surface area contributed by atoms with Gasteiger partial charge in [0.1, 0.15) is 11.6 Å². The molecule has 8 heteroatoms.